The first kappa shape index (κ1) is 8.52. The molecule has 1 N–H and O–H groups in total. The quantitative estimate of drug-likeness (QED) is 0.737. The molecule has 14 heavy (non-hydrogen) atoms. The highest BCUT2D eigenvalue weighted by atomic mass is 14.7. The molecule has 2 rings (SSSR count). The van der Waals surface area contributed by atoms with Gasteiger partial charge in [0.05, 0.1) is 0 Å². The Morgan fingerprint density at radius 1 is 1.36 bits per heavy atom. The lowest BCUT2D eigenvalue weighted by Gasteiger charge is -1.97. The molecule has 0 aliphatic heterocycles. The van der Waals surface area contributed by atoms with Gasteiger partial charge in [-0.25, -0.2) is 0 Å². The first-order chi connectivity index (χ1) is 6.79. The molecule has 2 aromatic rings. The third kappa shape index (κ3) is 1.50. The van der Waals surface area contributed by atoms with Crippen LogP contribution in [0.1, 0.15) is 11.4 Å². The van der Waals surface area contributed by atoms with Gasteiger partial charge in [-0.05, 0) is 30.7 Å². The number of aromatic nitrogens is 2. The van der Waals surface area contributed by atoms with Gasteiger partial charge in [0, 0.05) is 23.7 Å². The summed E-state index contributed by atoms with van der Waals surface area (Å²) in [6.07, 6.45) is 3.59. The second kappa shape index (κ2) is 3.35. The van der Waals surface area contributed by atoms with E-state index in [1.807, 2.05) is 31.3 Å². The molecule has 0 saturated heterocycles. The zero-order valence-corrected chi connectivity index (χ0v) is 7.78. The molecule has 0 fully saturated rings. The van der Waals surface area contributed by atoms with Crippen LogP contribution in [-0.4, -0.2) is 9.97 Å². The van der Waals surface area contributed by atoms with Crippen LogP contribution in [0.2, 0.25) is 0 Å². The SMILES string of the molecule is Cc1cc(-c2c[nH]c(C#N)c2)ccn1. The minimum absolute atomic E-state index is 0.578. The molecule has 0 aliphatic rings. The summed E-state index contributed by atoms with van der Waals surface area (Å²) >= 11 is 0. The van der Waals surface area contributed by atoms with Crippen LogP contribution < -0.4 is 0 Å². The van der Waals surface area contributed by atoms with Crippen molar-refractivity contribution in [2.75, 3.05) is 0 Å². The van der Waals surface area contributed by atoms with Gasteiger partial charge in [-0.1, -0.05) is 0 Å². The number of hydrogen-bond donors (Lipinski definition) is 1. The second-order valence-corrected chi connectivity index (χ2v) is 3.10. The van der Waals surface area contributed by atoms with E-state index >= 15 is 0 Å². The molecule has 0 radical (unpaired) electrons. The maximum Gasteiger partial charge on any atom is 0.118 e. The lowest BCUT2D eigenvalue weighted by Crippen LogP contribution is -1.80. The molecule has 0 bridgehead atoms. The molecule has 68 valence electrons. The van der Waals surface area contributed by atoms with Crippen molar-refractivity contribution in [2.45, 2.75) is 6.92 Å². The first-order valence-corrected chi connectivity index (χ1v) is 4.31. The van der Waals surface area contributed by atoms with Crippen molar-refractivity contribution < 1.29 is 0 Å². The van der Waals surface area contributed by atoms with E-state index in [0.29, 0.717) is 5.69 Å². The Hall–Kier alpha value is -2.08. The van der Waals surface area contributed by atoms with E-state index in [0.717, 1.165) is 16.8 Å². The summed E-state index contributed by atoms with van der Waals surface area (Å²) < 4.78 is 0. The molecule has 0 atom stereocenters. The largest absolute Gasteiger partial charge is 0.353 e. The maximum absolute atomic E-state index is 8.66. The van der Waals surface area contributed by atoms with Crippen molar-refractivity contribution in [3.63, 3.8) is 0 Å². The molecule has 0 aliphatic carbocycles. The lowest BCUT2D eigenvalue weighted by molar-refractivity contribution is 1.20. The van der Waals surface area contributed by atoms with E-state index in [-0.39, 0.29) is 0 Å². The highest BCUT2D eigenvalue weighted by molar-refractivity contribution is 5.64. The number of aryl methyl sites for hydroxylation is 1. The number of nitrogens with zero attached hydrogens (tertiary/aromatic N) is 2. The van der Waals surface area contributed by atoms with Crippen molar-refractivity contribution in [2.24, 2.45) is 0 Å². The zero-order chi connectivity index (χ0) is 9.97. The number of aromatic amines is 1. The van der Waals surface area contributed by atoms with Crippen LogP contribution in [0.4, 0.5) is 0 Å². The van der Waals surface area contributed by atoms with Crippen molar-refractivity contribution in [3.05, 3.63) is 42.0 Å². The van der Waals surface area contributed by atoms with Crippen LogP contribution in [0.15, 0.2) is 30.6 Å². The molecule has 0 unspecified atom stereocenters. The third-order valence-corrected chi connectivity index (χ3v) is 2.03. The van der Waals surface area contributed by atoms with Gasteiger partial charge in [-0.15, -0.1) is 0 Å². The highest BCUT2D eigenvalue weighted by Gasteiger charge is 2.01. The number of hydrogen-bond acceptors (Lipinski definition) is 2. The number of nitrogens with one attached hydrogen (secondary N) is 1. The van der Waals surface area contributed by atoms with Gasteiger partial charge in [0.2, 0.25) is 0 Å². The van der Waals surface area contributed by atoms with E-state index < -0.39 is 0 Å². The number of rotatable bonds is 1. The summed E-state index contributed by atoms with van der Waals surface area (Å²) in [5.41, 5.74) is 3.65. The smallest absolute Gasteiger partial charge is 0.118 e. The van der Waals surface area contributed by atoms with Gasteiger partial charge in [0.25, 0.3) is 0 Å². The fraction of sp³-hybridized carbons (Fsp3) is 0.0909. The van der Waals surface area contributed by atoms with Crippen molar-refractivity contribution >= 4 is 0 Å². The predicted molar refractivity (Wildman–Crippen MR) is 53.5 cm³/mol. The predicted octanol–water partition coefficient (Wildman–Crippen LogP) is 2.26. The minimum Gasteiger partial charge on any atom is -0.353 e. The van der Waals surface area contributed by atoms with Crippen molar-refractivity contribution in [1.29, 1.82) is 5.26 Å². The van der Waals surface area contributed by atoms with Crippen LogP contribution in [0.3, 0.4) is 0 Å². The molecule has 0 saturated carbocycles. The number of pyridine rings is 1. The molecule has 2 heterocycles. The van der Waals surface area contributed by atoms with Gasteiger partial charge < -0.3 is 4.98 Å². The highest BCUT2D eigenvalue weighted by Crippen LogP contribution is 2.19. The van der Waals surface area contributed by atoms with Gasteiger partial charge in [-0.3, -0.25) is 4.98 Å². The Kier molecular flexibility index (Phi) is 2.04. The minimum atomic E-state index is 0.578. The van der Waals surface area contributed by atoms with E-state index in [2.05, 4.69) is 16.0 Å². The summed E-state index contributed by atoms with van der Waals surface area (Å²) in [7, 11) is 0. The Morgan fingerprint density at radius 2 is 2.21 bits per heavy atom. The van der Waals surface area contributed by atoms with E-state index in [9.17, 15) is 0 Å². The number of H-pyrrole nitrogens is 1. The average molecular weight is 183 g/mol. The van der Waals surface area contributed by atoms with Gasteiger partial charge in [0.15, 0.2) is 0 Å². The Labute approximate surface area is 82.0 Å². The second-order valence-electron chi connectivity index (χ2n) is 3.10. The van der Waals surface area contributed by atoms with Gasteiger partial charge >= 0.3 is 0 Å². The van der Waals surface area contributed by atoms with E-state index in [1.54, 1.807) is 6.20 Å². The molecule has 0 amide bonds. The summed E-state index contributed by atoms with van der Waals surface area (Å²) in [5, 5.41) is 8.66. The van der Waals surface area contributed by atoms with Crippen molar-refractivity contribution in [3.8, 4) is 17.2 Å². The fourth-order valence-corrected chi connectivity index (χ4v) is 1.35. The van der Waals surface area contributed by atoms with Gasteiger partial charge in [0.1, 0.15) is 11.8 Å². The third-order valence-electron chi connectivity index (χ3n) is 2.03. The normalized spacial score (nSPS) is 9.71. The van der Waals surface area contributed by atoms with E-state index in [1.165, 1.54) is 0 Å². The van der Waals surface area contributed by atoms with Crippen LogP contribution >= 0.6 is 0 Å². The topological polar surface area (TPSA) is 52.5 Å². The summed E-state index contributed by atoms with van der Waals surface area (Å²) in [6, 6.07) is 7.81. The Morgan fingerprint density at radius 3 is 2.86 bits per heavy atom. The van der Waals surface area contributed by atoms with E-state index in [4.69, 9.17) is 5.26 Å². The molecular formula is C11H9N3. The number of nitriles is 1. The summed E-state index contributed by atoms with van der Waals surface area (Å²) in [6.45, 7) is 1.95. The lowest BCUT2D eigenvalue weighted by atomic mass is 10.1. The molecule has 3 heteroatoms. The van der Waals surface area contributed by atoms with Crippen LogP contribution in [-0.2, 0) is 0 Å². The Bertz CT molecular complexity index is 491. The molecule has 2 aromatic heterocycles. The first-order valence-electron chi connectivity index (χ1n) is 4.31. The van der Waals surface area contributed by atoms with Crippen molar-refractivity contribution in [1.82, 2.24) is 9.97 Å². The van der Waals surface area contributed by atoms with Crippen LogP contribution in [0.5, 0.6) is 0 Å². The standard InChI is InChI=1S/C11H9N3/c1-8-4-9(2-3-13-8)10-5-11(6-12)14-7-10/h2-5,7,14H,1H3. The monoisotopic (exact) mass is 183 g/mol. The average Bonchev–Trinajstić information content (AvgIpc) is 2.66. The molecule has 3 nitrogen and oxygen atoms in total. The summed E-state index contributed by atoms with van der Waals surface area (Å²) in [5.74, 6) is 0. The fourth-order valence-electron chi connectivity index (χ4n) is 1.35. The molecule has 0 aromatic carbocycles. The summed E-state index contributed by atoms with van der Waals surface area (Å²) in [4.78, 5) is 7.01. The van der Waals surface area contributed by atoms with Gasteiger partial charge in [-0.2, -0.15) is 5.26 Å². The molecular weight excluding hydrogens is 174 g/mol. The zero-order valence-electron chi connectivity index (χ0n) is 7.78. The van der Waals surface area contributed by atoms with Crippen LogP contribution in [0, 0.1) is 18.3 Å². The van der Waals surface area contributed by atoms with Crippen LogP contribution in [0.25, 0.3) is 11.1 Å². The Balaban J connectivity index is 2.45. The molecule has 0 spiro atoms. The maximum atomic E-state index is 8.66.